The predicted octanol–water partition coefficient (Wildman–Crippen LogP) is 3.73. The van der Waals surface area contributed by atoms with Gasteiger partial charge in [-0.1, -0.05) is 6.07 Å². The summed E-state index contributed by atoms with van der Waals surface area (Å²) in [4.78, 5) is 24.3. The van der Waals surface area contributed by atoms with Crippen molar-refractivity contribution >= 4 is 17.6 Å². The molecule has 4 bridgehead atoms. The molecule has 0 aliphatic heterocycles. The van der Waals surface area contributed by atoms with Gasteiger partial charge in [0, 0.05) is 24.2 Å². The van der Waals surface area contributed by atoms with Crippen LogP contribution in [0.2, 0.25) is 0 Å². The van der Waals surface area contributed by atoms with E-state index < -0.39 is 0 Å². The number of carbonyl (C=O) groups excluding carboxylic acids is 2. The van der Waals surface area contributed by atoms with Crippen LogP contribution in [0.4, 0.5) is 14.9 Å². The van der Waals surface area contributed by atoms with Crippen molar-refractivity contribution in [2.24, 2.45) is 17.8 Å². The molecule has 0 spiro atoms. The van der Waals surface area contributed by atoms with E-state index in [0.717, 1.165) is 37.0 Å². The Kier molecular flexibility index (Phi) is 4.82. The van der Waals surface area contributed by atoms with Crippen molar-refractivity contribution in [3.05, 3.63) is 29.6 Å². The standard InChI is InChI=1S/C21H28FN3O2/c1-13-2-3-17(9-18(13)22)24-19(26)4-5-23-20(27)25-21-10-14-6-15(11-21)8-16(7-14)12-21/h2-3,9,14-16H,4-8,10-12H2,1H3,(H,24,26)(H2,23,25,27). The maximum Gasteiger partial charge on any atom is 0.315 e. The Morgan fingerprint density at radius 2 is 1.74 bits per heavy atom. The van der Waals surface area contributed by atoms with Gasteiger partial charge >= 0.3 is 6.03 Å². The molecule has 4 aliphatic carbocycles. The highest BCUT2D eigenvalue weighted by molar-refractivity contribution is 5.91. The lowest BCUT2D eigenvalue weighted by atomic mass is 9.53. The van der Waals surface area contributed by atoms with Crippen LogP contribution >= 0.6 is 0 Å². The molecule has 0 aromatic heterocycles. The normalized spacial score (nSPS) is 30.8. The fraction of sp³-hybridized carbons (Fsp3) is 0.619. The van der Waals surface area contributed by atoms with Gasteiger partial charge in [-0.05, 0) is 80.9 Å². The van der Waals surface area contributed by atoms with Gasteiger partial charge in [0.1, 0.15) is 5.82 Å². The van der Waals surface area contributed by atoms with E-state index in [9.17, 15) is 14.0 Å². The zero-order chi connectivity index (χ0) is 19.0. The van der Waals surface area contributed by atoms with Crippen LogP contribution in [0.15, 0.2) is 18.2 Å². The zero-order valence-corrected chi connectivity index (χ0v) is 15.8. The van der Waals surface area contributed by atoms with Gasteiger partial charge in [-0.15, -0.1) is 0 Å². The third-order valence-electron chi connectivity index (χ3n) is 6.51. The fourth-order valence-corrected chi connectivity index (χ4v) is 5.73. The van der Waals surface area contributed by atoms with E-state index >= 15 is 0 Å². The SMILES string of the molecule is Cc1ccc(NC(=O)CCNC(=O)NC23CC4CC(CC(C4)C2)C3)cc1F. The number of hydrogen-bond acceptors (Lipinski definition) is 2. The first-order valence-corrected chi connectivity index (χ1v) is 10.0. The molecular formula is C21H28FN3O2. The lowest BCUT2D eigenvalue weighted by molar-refractivity contribution is -0.116. The second kappa shape index (κ2) is 7.13. The summed E-state index contributed by atoms with van der Waals surface area (Å²) in [6.45, 7) is 1.94. The quantitative estimate of drug-likeness (QED) is 0.736. The number of hydrogen-bond donors (Lipinski definition) is 3. The smallest absolute Gasteiger partial charge is 0.315 e. The summed E-state index contributed by atoms with van der Waals surface area (Å²) >= 11 is 0. The summed E-state index contributed by atoms with van der Waals surface area (Å²) < 4.78 is 13.5. The van der Waals surface area contributed by atoms with Gasteiger partial charge in [0.05, 0.1) is 0 Å². The average Bonchev–Trinajstić information content (AvgIpc) is 2.56. The molecule has 4 saturated carbocycles. The number of aryl methyl sites for hydroxylation is 1. The van der Waals surface area contributed by atoms with Crippen molar-refractivity contribution in [3.63, 3.8) is 0 Å². The van der Waals surface area contributed by atoms with Crippen LogP contribution in [0, 0.1) is 30.5 Å². The first-order valence-electron chi connectivity index (χ1n) is 10.0. The van der Waals surface area contributed by atoms with Gasteiger partial charge in [-0.2, -0.15) is 0 Å². The molecule has 3 amide bonds. The van der Waals surface area contributed by atoms with E-state index in [-0.39, 0.29) is 36.3 Å². The number of amides is 3. The molecule has 0 heterocycles. The Morgan fingerprint density at radius 3 is 2.33 bits per heavy atom. The van der Waals surface area contributed by atoms with Crippen LogP contribution in [0.25, 0.3) is 0 Å². The summed E-state index contributed by atoms with van der Waals surface area (Å²) in [7, 11) is 0. The minimum Gasteiger partial charge on any atom is -0.338 e. The molecule has 6 heteroatoms. The Morgan fingerprint density at radius 1 is 1.11 bits per heavy atom. The number of halogens is 1. The molecular weight excluding hydrogens is 345 g/mol. The van der Waals surface area contributed by atoms with Crippen molar-refractivity contribution < 1.29 is 14.0 Å². The third-order valence-corrected chi connectivity index (χ3v) is 6.51. The monoisotopic (exact) mass is 373 g/mol. The summed E-state index contributed by atoms with van der Waals surface area (Å²) in [5.74, 6) is 1.74. The average molecular weight is 373 g/mol. The van der Waals surface area contributed by atoms with E-state index in [4.69, 9.17) is 0 Å². The number of nitrogens with one attached hydrogen (secondary N) is 3. The van der Waals surface area contributed by atoms with Crippen LogP contribution in [0.5, 0.6) is 0 Å². The molecule has 0 atom stereocenters. The Balaban J connectivity index is 1.22. The van der Waals surface area contributed by atoms with Crippen LogP contribution in [-0.4, -0.2) is 24.0 Å². The molecule has 4 aliphatic rings. The summed E-state index contributed by atoms with van der Waals surface area (Å²) in [5, 5.41) is 8.70. The molecule has 3 N–H and O–H groups in total. The predicted molar refractivity (Wildman–Crippen MR) is 102 cm³/mol. The fourth-order valence-electron chi connectivity index (χ4n) is 5.73. The van der Waals surface area contributed by atoms with E-state index in [1.807, 2.05) is 0 Å². The first-order chi connectivity index (χ1) is 12.9. The second-order valence-electron chi connectivity index (χ2n) is 8.84. The lowest BCUT2D eigenvalue weighted by Crippen LogP contribution is -2.61. The van der Waals surface area contributed by atoms with E-state index in [1.165, 1.54) is 25.3 Å². The first kappa shape index (κ1) is 18.3. The largest absolute Gasteiger partial charge is 0.338 e. The topological polar surface area (TPSA) is 70.2 Å². The highest BCUT2D eigenvalue weighted by Gasteiger charge is 2.51. The number of carbonyl (C=O) groups is 2. The minimum atomic E-state index is -0.346. The molecule has 5 rings (SSSR count). The van der Waals surface area contributed by atoms with Gasteiger partial charge in [-0.3, -0.25) is 4.79 Å². The molecule has 0 saturated heterocycles. The lowest BCUT2D eigenvalue weighted by Gasteiger charge is -2.56. The summed E-state index contributed by atoms with van der Waals surface area (Å²) in [6.07, 6.45) is 7.47. The van der Waals surface area contributed by atoms with Crippen LogP contribution < -0.4 is 16.0 Å². The summed E-state index contributed by atoms with van der Waals surface area (Å²) in [5.41, 5.74) is 0.942. The maximum atomic E-state index is 13.5. The van der Waals surface area contributed by atoms with Crippen molar-refractivity contribution in [2.45, 2.75) is 57.4 Å². The van der Waals surface area contributed by atoms with Crippen molar-refractivity contribution in [3.8, 4) is 0 Å². The van der Waals surface area contributed by atoms with Crippen LogP contribution in [0.3, 0.4) is 0 Å². The summed E-state index contributed by atoms with van der Waals surface area (Å²) in [6, 6.07) is 4.43. The molecule has 1 aromatic rings. The molecule has 27 heavy (non-hydrogen) atoms. The Hall–Kier alpha value is -2.11. The number of benzene rings is 1. The minimum absolute atomic E-state index is 0.0273. The van der Waals surface area contributed by atoms with Gasteiger partial charge in [0.25, 0.3) is 0 Å². The molecule has 146 valence electrons. The van der Waals surface area contributed by atoms with Gasteiger partial charge in [0.2, 0.25) is 5.91 Å². The van der Waals surface area contributed by atoms with E-state index in [0.29, 0.717) is 11.3 Å². The maximum absolute atomic E-state index is 13.5. The zero-order valence-electron chi connectivity index (χ0n) is 15.8. The third kappa shape index (κ3) is 4.09. The van der Waals surface area contributed by atoms with Crippen molar-refractivity contribution in [1.82, 2.24) is 10.6 Å². The Bertz CT molecular complexity index is 714. The molecule has 0 unspecified atom stereocenters. The second-order valence-corrected chi connectivity index (χ2v) is 8.84. The number of anilines is 1. The molecule has 5 nitrogen and oxygen atoms in total. The van der Waals surface area contributed by atoms with E-state index in [1.54, 1.807) is 19.1 Å². The molecule has 0 radical (unpaired) electrons. The molecule has 1 aromatic carbocycles. The molecule has 4 fully saturated rings. The Labute approximate surface area is 159 Å². The highest BCUT2D eigenvalue weighted by Crippen LogP contribution is 2.55. The van der Waals surface area contributed by atoms with Crippen LogP contribution in [0.1, 0.15) is 50.5 Å². The number of rotatable bonds is 5. The van der Waals surface area contributed by atoms with Crippen molar-refractivity contribution in [2.75, 3.05) is 11.9 Å². The highest BCUT2D eigenvalue weighted by atomic mass is 19.1. The van der Waals surface area contributed by atoms with Gasteiger partial charge < -0.3 is 16.0 Å². The van der Waals surface area contributed by atoms with Crippen LogP contribution in [-0.2, 0) is 4.79 Å². The van der Waals surface area contributed by atoms with Gasteiger partial charge in [0.15, 0.2) is 0 Å². The van der Waals surface area contributed by atoms with E-state index in [2.05, 4.69) is 16.0 Å². The van der Waals surface area contributed by atoms with Gasteiger partial charge in [-0.25, -0.2) is 9.18 Å². The van der Waals surface area contributed by atoms with Crippen molar-refractivity contribution in [1.29, 1.82) is 0 Å². The number of urea groups is 1.